The highest BCUT2D eigenvalue weighted by molar-refractivity contribution is 5.92. The monoisotopic (exact) mass is 266 g/mol. The zero-order chi connectivity index (χ0) is 14.1. The number of likely N-dealkylation sites (tertiary alicyclic amines) is 1. The van der Waals surface area contributed by atoms with E-state index in [0.29, 0.717) is 12.0 Å². The molecule has 0 saturated carbocycles. The first-order valence-corrected chi connectivity index (χ1v) is 7.40. The second-order valence-corrected chi connectivity index (χ2v) is 6.03. The second-order valence-electron chi connectivity index (χ2n) is 6.03. The number of rotatable bonds is 1. The molecule has 1 heterocycles. The van der Waals surface area contributed by atoms with Crippen LogP contribution in [0.1, 0.15) is 20.3 Å². The third-order valence-electron chi connectivity index (χ3n) is 4.39. The van der Waals surface area contributed by atoms with Crippen molar-refractivity contribution in [1.82, 2.24) is 4.90 Å². The maximum absolute atomic E-state index is 4.92. The van der Waals surface area contributed by atoms with Gasteiger partial charge in [0, 0.05) is 30.6 Å². The van der Waals surface area contributed by atoms with Crippen molar-refractivity contribution >= 4 is 22.2 Å². The molecule has 0 spiro atoms. The van der Waals surface area contributed by atoms with E-state index in [1.54, 1.807) is 0 Å². The lowest BCUT2D eigenvalue weighted by atomic mass is 9.93. The topological polar surface area (TPSA) is 15.6 Å². The van der Waals surface area contributed by atoms with Crippen LogP contribution in [0.5, 0.6) is 0 Å². The highest BCUT2D eigenvalue weighted by atomic mass is 15.1. The molecule has 2 aromatic carbocycles. The Balaban J connectivity index is 1.93. The molecule has 0 amide bonds. The molecular formula is C18H22N2. The first-order chi connectivity index (χ1) is 9.63. The van der Waals surface area contributed by atoms with Crippen LogP contribution in [0.4, 0.5) is 5.69 Å². The zero-order valence-electron chi connectivity index (χ0n) is 12.5. The molecule has 3 rings (SSSR count). The molecular weight excluding hydrogens is 244 g/mol. The first kappa shape index (κ1) is 13.3. The van der Waals surface area contributed by atoms with Crippen molar-refractivity contribution in [2.45, 2.75) is 26.3 Å². The number of fused-ring (bicyclic) bond motifs is 1. The molecule has 20 heavy (non-hydrogen) atoms. The van der Waals surface area contributed by atoms with Crippen molar-refractivity contribution in [2.24, 2.45) is 10.9 Å². The molecule has 0 bridgehead atoms. The van der Waals surface area contributed by atoms with Gasteiger partial charge in [0.05, 0.1) is 5.69 Å². The van der Waals surface area contributed by atoms with Crippen LogP contribution in [0, 0.1) is 5.92 Å². The third kappa shape index (κ3) is 2.61. The van der Waals surface area contributed by atoms with Gasteiger partial charge in [-0.2, -0.15) is 0 Å². The fraction of sp³-hybridized carbons (Fsp3) is 0.389. The summed E-state index contributed by atoms with van der Waals surface area (Å²) in [4.78, 5) is 7.34. The normalized spacial score (nSPS) is 26.2. The predicted molar refractivity (Wildman–Crippen MR) is 86.9 cm³/mol. The van der Waals surface area contributed by atoms with Crippen molar-refractivity contribution in [3.05, 3.63) is 42.5 Å². The molecule has 2 heteroatoms. The Morgan fingerprint density at radius 1 is 1.05 bits per heavy atom. The van der Waals surface area contributed by atoms with Gasteiger partial charge in [-0.15, -0.1) is 0 Å². The summed E-state index contributed by atoms with van der Waals surface area (Å²) in [5.74, 6) is 0.544. The van der Waals surface area contributed by atoms with Gasteiger partial charge in [0.1, 0.15) is 0 Å². The highest BCUT2D eigenvalue weighted by Crippen LogP contribution is 2.25. The van der Waals surface area contributed by atoms with Gasteiger partial charge in [0.2, 0.25) is 0 Å². The first-order valence-electron chi connectivity index (χ1n) is 7.40. The van der Waals surface area contributed by atoms with Crippen molar-refractivity contribution < 1.29 is 0 Å². The van der Waals surface area contributed by atoms with Crippen LogP contribution in [0.2, 0.25) is 0 Å². The summed E-state index contributed by atoms with van der Waals surface area (Å²) >= 11 is 0. The molecule has 0 aromatic heterocycles. The number of benzene rings is 2. The summed E-state index contributed by atoms with van der Waals surface area (Å²) in [7, 11) is 2.20. The molecule has 2 atom stereocenters. The standard InChI is InChI=1S/C18H22N2/c1-13-12-20(3)14(2)10-18(13)19-17-9-8-15-6-4-5-7-16(15)11-17/h4-9,11,13-14H,10,12H2,1-3H3. The summed E-state index contributed by atoms with van der Waals surface area (Å²) in [6.45, 7) is 5.66. The lowest BCUT2D eigenvalue weighted by Gasteiger charge is -2.34. The number of hydrogen-bond donors (Lipinski definition) is 0. The van der Waals surface area contributed by atoms with Gasteiger partial charge in [-0.1, -0.05) is 37.3 Å². The largest absolute Gasteiger partial charge is 0.303 e. The van der Waals surface area contributed by atoms with Gasteiger partial charge in [-0.25, -0.2) is 0 Å². The van der Waals surface area contributed by atoms with Gasteiger partial charge in [0.25, 0.3) is 0 Å². The molecule has 2 unspecified atom stereocenters. The molecule has 1 saturated heterocycles. The third-order valence-corrected chi connectivity index (χ3v) is 4.39. The molecule has 104 valence electrons. The Kier molecular flexibility index (Phi) is 3.58. The van der Waals surface area contributed by atoms with E-state index in [1.807, 2.05) is 0 Å². The summed E-state index contributed by atoms with van der Waals surface area (Å²) in [6.07, 6.45) is 1.07. The van der Waals surface area contributed by atoms with Crippen LogP contribution in [-0.2, 0) is 0 Å². The Morgan fingerprint density at radius 3 is 2.60 bits per heavy atom. The van der Waals surface area contributed by atoms with E-state index in [2.05, 4.69) is 68.3 Å². The Bertz CT molecular complexity index is 645. The van der Waals surface area contributed by atoms with Crippen LogP contribution in [0.3, 0.4) is 0 Å². The molecule has 2 aromatic rings. The van der Waals surface area contributed by atoms with Crippen molar-refractivity contribution in [3.63, 3.8) is 0 Å². The number of aliphatic imine (C=N–C) groups is 1. The lowest BCUT2D eigenvalue weighted by Crippen LogP contribution is -2.42. The molecule has 1 aliphatic heterocycles. The molecule has 2 nitrogen and oxygen atoms in total. The lowest BCUT2D eigenvalue weighted by molar-refractivity contribution is 0.226. The minimum Gasteiger partial charge on any atom is -0.303 e. The Morgan fingerprint density at radius 2 is 1.80 bits per heavy atom. The summed E-state index contributed by atoms with van der Waals surface area (Å²) in [6, 6.07) is 15.5. The SMILES string of the molecule is CC1CN(C)C(C)CC1=Nc1ccc2ccccc2c1. The van der Waals surface area contributed by atoms with Crippen molar-refractivity contribution in [3.8, 4) is 0 Å². The van der Waals surface area contributed by atoms with Crippen LogP contribution < -0.4 is 0 Å². The fourth-order valence-electron chi connectivity index (χ4n) is 2.94. The van der Waals surface area contributed by atoms with Crippen LogP contribution in [0.25, 0.3) is 10.8 Å². The summed E-state index contributed by atoms with van der Waals surface area (Å²) < 4.78 is 0. The van der Waals surface area contributed by atoms with Gasteiger partial charge in [-0.3, -0.25) is 4.99 Å². The maximum Gasteiger partial charge on any atom is 0.0635 e. The number of hydrogen-bond acceptors (Lipinski definition) is 2. The smallest absolute Gasteiger partial charge is 0.0635 e. The molecule has 0 aliphatic carbocycles. The van der Waals surface area contributed by atoms with Crippen LogP contribution in [0.15, 0.2) is 47.5 Å². The van der Waals surface area contributed by atoms with E-state index < -0.39 is 0 Å². The van der Waals surface area contributed by atoms with Gasteiger partial charge < -0.3 is 4.90 Å². The number of piperidine rings is 1. The maximum atomic E-state index is 4.92. The summed E-state index contributed by atoms with van der Waals surface area (Å²) in [5.41, 5.74) is 2.42. The van der Waals surface area contributed by atoms with Gasteiger partial charge in [0.15, 0.2) is 0 Å². The van der Waals surface area contributed by atoms with Crippen LogP contribution >= 0.6 is 0 Å². The van der Waals surface area contributed by atoms with E-state index in [1.165, 1.54) is 16.5 Å². The van der Waals surface area contributed by atoms with E-state index in [9.17, 15) is 0 Å². The van der Waals surface area contributed by atoms with Crippen molar-refractivity contribution in [1.29, 1.82) is 0 Å². The van der Waals surface area contributed by atoms with E-state index in [-0.39, 0.29) is 0 Å². The highest BCUT2D eigenvalue weighted by Gasteiger charge is 2.24. The predicted octanol–water partition coefficient (Wildman–Crippen LogP) is 4.27. The van der Waals surface area contributed by atoms with E-state index in [0.717, 1.165) is 18.7 Å². The average Bonchev–Trinajstić information content (AvgIpc) is 2.44. The summed E-state index contributed by atoms with van der Waals surface area (Å²) in [5, 5.41) is 2.55. The molecule has 1 aliphatic rings. The minimum atomic E-state index is 0.544. The Labute approximate surface area is 121 Å². The zero-order valence-corrected chi connectivity index (χ0v) is 12.5. The van der Waals surface area contributed by atoms with E-state index >= 15 is 0 Å². The molecule has 0 N–H and O–H groups in total. The quantitative estimate of drug-likeness (QED) is 0.752. The number of nitrogens with zero attached hydrogens (tertiary/aromatic N) is 2. The van der Waals surface area contributed by atoms with Crippen molar-refractivity contribution in [2.75, 3.05) is 13.6 Å². The van der Waals surface area contributed by atoms with Gasteiger partial charge >= 0.3 is 0 Å². The molecule has 0 radical (unpaired) electrons. The van der Waals surface area contributed by atoms with E-state index in [4.69, 9.17) is 4.99 Å². The fourth-order valence-corrected chi connectivity index (χ4v) is 2.94. The van der Waals surface area contributed by atoms with Crippen LogP contribution in [-0.4, -0.2) is 30.2 Å². The minimum absolute atomic E-state index is 0.544. The Hall–Kier alpha value is -1.67. The van der Waals surface area contributed by atoms with Gasteiger partial charge in [-0.05, 0) is 36.9 Å². The molecule has 1 fully saturated rings. The second kappa shape index (κ2) is 5.37. The average molecular weight is 266 g/mol.